The first-order valence-electron chi connectivity index (χ1n) is 4.83. The van der Waals surface area contributed by atoms with Crippen molar-refractivity contribution in [2.45, 2.75) is 19.9 Å². The third kappa shape index (κ3) is 3.89. The number of anilines is 2. The molecule has 1 rings (SSSR count). The third-order valence-corrected chi connectivity index (χ3v) is 1.77. The zero-order valence-corrected chi connectivity index (χ0v) is 9.20. The van der Waals surface area contributed by atoms with Gasteiger partial charge in [-0.3, -0.25) is 5.32 Å². The zero-order valence-electron chi connectivity index (χ0n) is 9.20. The molecule has 4 heteroatoms. The highest BCUT2D eigenvalue weighted by Crippen LogP contribution is 2.14. The van der Waals surface area contributed by atoms with E-state index in [4.69, 9.17) is 0 Å². The molecule has 1 amide bonds. The van der Waals surface area contributed by atoms with E-state index in [2.05, 4.69) is 29.2 Å². The number of carbonyl (C=O) groups is 1. The highest BCUT2D eigenvalue weighted by molar-refractivity contribution is 5.84. The normalized spacial score (nSPS) is 9.87. The Morgan fingerprint density at radius 1 is 1.20 bits per heavy atom. The van der Waals surface area contributed by atoms with Crippen LogP contribution >= 0.6 is 0 Å². The predicted octanol–water partition coefficient (Wildman–Crippen LogP) is 2.69. The smallest absolute Gasteiger partial charge is 0.411 e. The molecular weight excluding hydrogens is 192 g/mol. The van der Waals surface area contributed by atoms with Crippen LogP contribution in [0.3, 0.4) is 0 Å². The molecule has 0 heterocycles. The summed E-state index contributed by atoms with van der Waals surface area (Å²) in [7, 11) is 1.34. The number of nitrogens with one attached hydrogen (secondary N) is 2. The number of methoxy groups -OCH3 is 1. The Kier molecular flexibility index (Phi) is 3.97. The van der Waals surface area contributed by atoms with Gasteiger partial charge >= 0.3 is 6.09 Å². The average Bonchev–Trinajstić information content (AvgIpc) is 2.20. The Morgan fingerprint density at radius 2 is 1.73 bits per heavy atom. The number of hydrogen-bond acceptors (Lipinski definition) is 3. The van der Waals surface area contributed by atoms with E-state index < -0.39 is 6.09 Å². The molecule has 0 saturated heterocycles. The lowest BCUT2D eigenvalue weighted by molar-refractivity contribution is 0.187. The van der Waals surface area contributed by atoms with E-state index in [1.807, 2.05) is 24.3 Å². The van der Waals surface area contributed by atoms with Crippen LogP contribution in [0, 0.1) is 0 Å². The first kappa shape index (κ1) is 11.4. The van der Waals surface area contributed by atoms with Crippen molar-refractivity contribution in [2.24, 2.45) is 0 Å². The summed E-state index contributed by atoms with van der Waals surface area (Å²) in [6, 6.07) is 7.85. The highest BCUT2D eigenvalue weighted by Gasteiger charge is 2.00. The van der Waals surface area contributed by atoms with Gasteiger partial charge in [0.2, 0.25) is 0 Å². The molecule has 0 bridgehead atoms. The van der Waals surface area contributed by atoms with Crippen LogP contribution in [0.4, 0.5) is 16.2 Å². The summed E-state index contributed by atoms with van der Waals surface area (Å²) in [5.74, 6) is 0. The van der Waals surface area contributed by atoms with E-state index in [1.165, 1.54) is 7.11 Å². The summed E-state index contributed by atoms with van der Waals surface area (Å²) >= 11 is 0. The summed E-state index contributed by atoms with van der Waals surface area (Å²) in [5, 5.41) is 5.84. The van der Waals surface area contributed by atoms with Crippen LogP contribution in [-0.2, 0) is 4.74 Å². The summed E-state index contributed by atoms with van der Waals surface area (Å²) < 4.78 is 4.48. The van der Waals surface area contributed by atoms with Gasteiger partial charge < -0.3 is 10.1 Å². The summed E-state index contributed by atoms with van der Waals surface area (Å²) in [5.41, 5.74) is 1.75. The van der Waals surface area contributed by atoms with Crippen molar-refractivity contribution >= 4 is 17.5 Å². The predicted molar refractivity (Wildman–Crippen MR) is 61.2 cm³/mol. The Balaban J connectivity index is 2.60. The topological polar surface area (TPSA) is 50.4 Å². The number of carbonyl (C=O) groups excluding carboxylic acids is 1. The fraction of sp³-hybridized carbons (Fsp3) is 0.364. The molecule has 0 unspecified atom stereocenters. The van der Waals surface area contributed by atoms with Crippen molar-refractivity contribution in [3.05, 3.63) is 24.3 Å². The molecule has 0 radical (unpaired) electrons. The van der Waals surface area contributed by atoms with E-state index in [-0.39, 0.29) is 0 Å². The van der Waals surface area contributed by atoms with E-state index >= 15 is 0 Å². The summed E-state index contributed by atoms with van der Waals surface area (Å²) in [6.45, 7) is 4.14. The highest BCUT2D eigenvalue weighted by atomic mass is 16.5. The molecule has 0 atom stereocenters. The van der Waals surface area contributed by atoms with Crippen molar-refractivity contribution in [2.75, 3.05) is 17.7 Å². The molecule has 1 aromatic rings. The van der Waals surface area contributed by atoms with Crippen molar-refractivity contribution in [1.29, 1.82) is 0 Å². The van der Waals surface area contributed by atoms with Crippen molar-refractivity contribution in [3.63, 3.8) is 0 Å². The van der Waals surface area contributed by atoms with Crippen molar-refractivity contribution in [3.8, 4) is 0 Å². The number of amides is 1. The minimum absolute atomic E-state index is 0.393. The lowest BCUT2D eigenvalue weighted by Gasteiger charge is -2.10. The van der Waals surface area contributed by atoms with E-state index in [0.717, 1.165) is 11.4 Å². The second-order valence-corrected chi connectivity index (χ2v) is 3.49. The quantitative estimate of drug-likeness (QED) is 0.803. The number of hydrogen-bond donors (Lipinski definition) is 2. The molecule has 0 aliphatic heterocycles. The lowest BCUT2D eigenvalue weighted by atomic mass is 10.2. The number of benzene rings is 1. The summed E-state index contributed by atoms with van der Waals surface area (Å²) in [6.07, 6.45) is -0.459. The molecule has 0 aromatic heterocycles. The van der Waals surface area contributed by atoms with Gasteiger partial charge in [0, 0.05) is 17.4 Å². The van der Waals surface area contributed by atoms with Crippen LogP contribution in [0.25, 0.3) is 0 Å². The monoisotopic (exact) mass is 208 g/mol. The molecule has 1 aromatic carbocycles. The van der Waals surface area contributed by atoms with Gasteiger partial charge in [-0.1, -0.05) is 0 Å². The fourth-order valence-corrected chi connectivity index (χ4v) is 1.15. The maximum Gasteiger partial charge on any atom is 0.411 e. The van der Waals surface area contributed by atoms with Gasteiger partial charge in [0.25, 0.3) is 0 Å². The Labute approximate surface area is 89.6 Å². The van der Waals surface area contributed by atoms with Crippen LogP contribution in [0.1, 0.15) is 13.8 Å². The molecule has 0 aliphatic rings. The molecule has 4 nitrogen and oxygen atoms in total. The standard InChI is InChI=1S/C11H16N2O2/c1-8(2)12-9-4-6-10(7-5-9)13-11(14)15-3/h4-8,12H,1-3H3,(H,13,14). The molecule has 15 heavy (non-hydrogen) atoms. The van der Waals surface area contributed by atoms with Gasteiger partial charge in [0.05, 0.1) is 7.11 Å². The Morgan fingerprint density at radius 3 is 2.20 bits per heavy atom. The van der Waals surface area contributed by atoms with Gasteiger partial charge in [-0.25, -0.2) is 4.79 Å². The van der Waals surface area contributed by atoms with Gasteiger partial charge in [0.1, 0.15) is 0 Å². The van der Waals surface area contributed by atoms with Crippen LogP contribution in [0.15, 0.2) is 24.3 Å². The Bertz CT molecular complexity index is 320. The molecule has 0 saturated carbocycles. The lowest BCUT2D eigenvalue weighted by Crippen LogP contribution is -2.11. The number of ether oxygens (including phenoxy) is 1. The van der Waals surface area contributed by atoms with Crippen LogP contribution < -0.4 is 10.6 Å². The van der Waals surface area contributed by atoms with Gasteiger partial charge in [-0.2, -0.15) is 0 Å². The second kappa shape index (κ2) is 5.24. The zero-order chi connectivity index (χ0) is 11.3. The second-order valence-electron chi connectivity index (χ2n) is 3.49. The van der Waals surface area contributed by atoms with Crippen molar-refractivity contribution in [1.82, 2.24) is 0 Å². The van der Waals surface area contributed by atoms with Crippen LogP contribution in [-0.4, -0.2) is 19.2 Å². The largest absolute Gasteiger partial charge is 0.453 e. The summed E-state index contributed by atoms with van der Waals surface area (Å²) in [4.78, 5) is 10.9. The van der Waals surface area contributed by atoms with Crippen LogP contribution in [0.2, 0.25) is 0 Å². The molecule has 82 valence electrons. The first-order chi connectivity index (χ1) is 7.11. The fourth-order valence-electron chi connectivity index (χ4n) is 1.15. The molecule has 0 spiro atoms. The molecular formula is C11H16N2O2. The minimum atomic E-state index is -0.459. The first-order valence-corrected chi connectivity index (χ1v) is 4.83. The van der Waals surface area contributed by atoms with E-state index in [1.54, 1.807) is 0 Å². The van der Waals surface area contributed by atoms with Gasteiger partial charge in [-0.15, -0.1) is 0 Å². The minimum Gasteiger partial charge on any atom is -0.453 e. The average molecular weight is 208 g/mol. The maximum absolute atomic E-state index is 10.9. The van der Waals surface area contributed by atoms with Gasteiger partial charge in [-0.05, 0) is 38.1 Å². The van der Waals surface area contributed by atoms with Crippen LogP contribution in [0.5, 0.6) is 0 Å². The van der Waals surface area contributed by atoms with Gasteiger partial charge in [0.15, 0.2) is 0 Å². The SMILES string of the molecule is COC(=O)Nc1ccc(NC(C)C)cc1. The maximum atomic E-state index is 10.9. The van der Waals surface area contributed by atoms with E-state index in [0.29, 0.717) is 6.04 Å². The number of rotatable bonds is 3. The Hall–Kier alpha value is -1.71. The molecule has 2 N–H and O–H groups in total. The third-order valence-electron chi connectivity index (χ3n) is 1.77. The van der Waals surface area contributed by atoms with E-state index in [9.17, 15) is 4.79 Å². The van der Waals surface area contributed by atoms with Crippen molar-refractivity contribution < 1.29 is 9.53 Å². The molecule has 0 fully saturated rings. The molecule has 0 aliphatic carbocycles.